The van der Waals surface area contributed by atoms with Crippen molar-refractivity contribution in [1.29, 1.82) is 0 Å². The highest BCUT2D eigenvalue weighted by molar-refractivity contribution is 5.85. The smallest absolute Gasteiger partial charge is 0.00773 e. The number of hydrogen-bond acceptors (Lipinski definition) is 1. The van der Waals surface area contributed by atoms with E-state index in [1.807, 2.05) is 36.4 Å². The van der Waals surface area contributed by atoms with Gasteiger partial charge in [0.05, 0.1) is 0 Å². The van der Waals surface area contributed by atoms with Crippen molar-refractivity contribution in [2.75, 3.05) is 6.54 Å². The maximum absolute atomic E-state index is 5.48. The van der Waals surface area contributed by atoms with Gasteiger partial charge in [0.25, 0.3) is 0 Å². The molecular weight excluding hydrogens is 338 g/mol. The van der Waals surface area contributed by atoms with Gasteiger partial charge in [-0.1, -0.05) is 140 Å². The average Bonchev–Trinajstić information content (AvgIpc) is 2.67. The van der Waals surface area contributed by atoms with Crippen LogP contribution in [0.3, 0.4) is 0 Å². The van der Waals surface area contributed by atoms with Crippen molar-refractivity contribution in [3.05, 3.63) is 36.4 Å². The summed E-state index contributed by atoms with van der Waals surface area (Å²) in [6.07, 6.45) is 22.9. The van der Waals surface area contributed by atoms with E-state index in [0.717, 1.165) is 6.54 Å². The van der Waals surface area contributed by atoms with Gasteiger partial charge < -0.3 is 5.73 Å². The second kappa shape index (κ2) is 26.7. The van der Waals surface area contributed by atoms with Crippen LogP contribution >= 0.6 is 12.4 Å². The Balaban J connectivity index is 0. The molecule has 0 bridgehead atoms. The van der Waals surface area contributed by atoms with Crippen LogP contribution in [0.1, 0.15) is 110 Å². The molecular formula is C24H46ClN. The first kappa shape index (κ1) is 27.7. The van der Waals surface area contributed by atoms with Gasteiger partial charge in [0.2, 0.25) is 0 Å². The van der Waals surface area contributed by atoms with Gasteiger partial charge in [-0.05, 0) is 13.0 Å². The summed E-state index contributed by atoms with van der Waals surface area (Å²) in [7, 11) is 0. The third-order valence-electron chi connectivity index (χ3n) is 4.72. The van der Waals surface area contributed by atoms with E-state index in [4.69, 9.17) is 5.73 Å². The highest BCUT2D eigenvalue weighted by atomic mass is 35.5. The van der Waals surface area contributed by atoms with Crippen molar-refractivity contribution in [2.24, 2.45) is 5.73 Å². The van der Waals surface area contributed by atoms with E-state index in [9.17, 15) is 0 Å². The molecule has 0 aliphatic heterocycles. The lowest BCUT2D eigenvalue weighted by Crippen LogP contribution is -1.97. The molecule has 154 valence electrons. The average molecular weight is 384 g/mol. The van der Waals surface area contributed by atoms with Crippen molar-refractivity contribution in [1.82, 2.24) is 0 Å². The molecule has 0 spiro atoms. The first-order chi connectivity index (χ1) is 12.4. The van der Waals surface area contributed by atoms with Crippen LogP contribution in [0, 0.1) is 0 Å². The molecule has 2 N–H and O–H groups in total. The minimum atomic E-state index is 0. The van der Waals surface area contributed by atoms with Crippen LogP contribution in [0.5, 0.6) is 0 Å². The first-order valence-electron chi connectivity index (χ1n) is 11.1. The Morgan fingerprint density at radius 2 is 0.654 bits per heavy atom. The number of benzene rings is 1. The van der Waals surface area contributed by atoms with Crippen molar-refractivity contribution >= 4 is 12.4 Å². The summed E-state index contributed by atoms with van der Waals surface area (Å²) in [6, 6.07) is 12.0. The van der Waals surface area contributed by atoms with Gasteiger partial charge in [0.1, 0.15) is 0 Å². The molecule has 0 saturated heterocycles. The molecule has 2 heteroatoms. The molecule has 0 radical (unpaired) electrons. The molecule has 0 aliphatic carbocycles. The Morgan fingerprint density at radius 3 is 0.885 bits per heavy atom. The molecule has 0 aliphatic rings. The quantitative estimate of drug-likeness (QED) is 0.285. The van der Waals surface area contributed by atoms with Gasteiger partial charge >= 0.3 is 0 Å². The minimum Gasteiger partial charge on any atom is -0.330 e. The highest BCUT2D eigenvalue weighted by Gasteiger charge is 1.94. The highest BCUT2D eigenvalue weighted by Crippen LogP contribution is 2.13. The zero-order valence-electron chi connectivity index (χ0n) is 17.5. The maximum Gasteiger partial charge on any atom is -0.00773 e. The molecule has 0 heterocycles. The van der Waals surface area contributed by atoms with Crippen LogP contribution in [-0.4, -0.2) is 6.54 Å². The number of halogens is 1. The lowest BCUT2D eigenvalue weighted by molar-refractivity contribution is 0.530. The van der Waals surface area contributed by atoms with Gasteiger partial charge in [-0.15, -0.1) is 12.4 Å². The third-order valence-corrected chi connectivity index (χ3v) is 4.72. The van der Waals surface area contributed by atoms with Crippen molar-refractivity contribution in [2.45, 2.75) is 110 Å². The summed E-state index contributed by atoms with van der Waals surface area (Å²) in [4.78, 5) is 0. The Bertz CT molecular complexity index is 273. The summed E-state index contributed by atoms with van der Waals surface area (Å²) in [5.74, 6) is 0. The van der Waals surface area contributed by atoms with Gasteiger partial charge in [0, 0.05) is 0 Å². The molecule has 0 amide bonds. The molecule has 0 fully saturated rings. The molecule has 0 atom stereocenters. The van der Waals surface area contributed by atoms with E-state index in [1.165, 1.54) is 103 Å². The van der Waals surface area contributed by atoms with E-state index < -0.39 is 0 Å². The fraction of sp³-hybridized carbons (Fsp3) is 0.750. The largest absolute Gasteiger partial charge is 0.330 e. The number of rotatable bonds is 16. The minimum absolute atomic E-state index is 0. The van der Waals surface area contributed by atoms with Gasteiger partial charge in [-0.25, -0.2) is 0 Å². The van der Waals surface area contributed by atoms with E-state index in [0.29, 0.717) is 0 Å². The molecule has 0 saturated carbocycles. The normalized spacial score (nSPS) is 9.92. The summed E-state index contributed by atoms with van der Waals surface area (Å²) in [5, 5.41) is 0. The molecule has 26 heavy (non-hydrogen) atoms. The molecule has 0 unspecified atom stereocenters. The third kappa shape index (κ3) is 25.7. The van der Waals surface area contributed by atoms with Crippen molar-refractivity contribution in [3.8, 4) is 0 Å². The van der Waals surface area contributed by atoms with Crippen LogP contribution in [0.4, 0.5) is 0 Å². The Labute approximate surface area is 170 Å². The van der Waals surface area contributed by atoms with E-state index in [-0.39, 0.29) is 12.4 Å². The number of unbranched alkanes of at least 4 members (excludes halogenated alkanes) is 15. The maximum atomic E-state index is 5.48. The summed E-state index contributed by atoms with van der Waals surface area (Å²) in [6.45, 7) is 3.16. The van der Waals surface area contributed by atoms with Crippen molar-refractivity contribution in [3.63, 3.8) is 0 Å². The molecule has 0 aromatic heterocycles. The Morgan fingerprint density at radius 1 is 0.423 bits per heavy atom. The Kier molecular flexibility index (Phi) is 28.4. The van der Waals surface area contributed by atoms with Crippen LogP contribution in [-0.2, 0) is 0 Å². The van der Waals surface area contributed by atoms with Crippen molar-refractivity contribution < 1.29 is 0 Å². The summed E-state index contributed by atoms with van der Waals surface area (Å²) in [5.41, 5.74) is 5.48. The summed E-state index contributed by atoms with van der Waals surface area (Å²) >= 11 is 0. The Hall–Kier alpha value is -0.530. The molecule has 1 rings (SSSR count). The fourth-order valence-electron chi connectivity index (χ4n) is 3.08. The van der Waals surface area contributed by atoms with Gasteiger partial charge in [-0.2, -0.15) is 0 Å². The van der Waals surface area contributed by atoms with E-state index >= 15 is 0 Å². The van der Waals surface area contributed by atoms with Crippen LogP contribution in [0.25, 0.3) is 0 Å². The molecule has 1 aromatic carbocycles. The zero-order chi connectivity index (χ0) is 18.3. The second-order valence-electron chi connectivity index (χ2n) is 7.25. The lowest BCUT2D eigenvalue weighted by atomic mass is 10.0. The summed E-state index contributed by atoms with van der Waals surface area (Å²) < 4.78 is 0. The number of nitrogens with two attached hydrogens (primary N) is 1. The molecule has 1 aromatic rings. The predicted molar refractivity (Wildman–Crippen MR) is 122 cm³/mol. The predicted octanol–water partition coefficient (Wildman–Crippen LogP) is 8.32. The molecule has 1 nitrogen and oxygen atoms in total. The fourth-order valence-corrected chi connectivity index (χ4v) is 3.08. The first-order valence-corrected chi connectivity index (χ1v) is 11.1. The van der Waals surface area contributed by atoms with Crippen LogP contribution < -0.4 is 5.73 Å². The standard InChI is InChI=1S/C18H39N.C6H6.ClH/c1-2-3-4-5-6-7-8-9-10-11-12-13-14-15-16-17-18-19;1-2-4-6-5-3-1;/h2-19H2,1H3;1-6H;1H. The monoisotopic (exact) mass is 383 g/mol. The van der Waals surface area contributed by atoms with Gasteiger partial charge in [-0.3, -0.25) is 0 Å². The van der Waals surface area contributed by atoms with E-state index in [2.05, 4.69) is 6.92 Å². The number of hydrogen-bond donors (Lipinski definition) is 1. The van der Waals surface area contributed by atoms with Crippen LogP contribution in [0.2, 0.25) is 0 Å². The topological polar surface area (TPSA) is 26.0 Å². The lowest BCUT2D eigenvalue weighted by Gasteiger charge is -2.03. The SMILES string of the molecule is CCCCCCCCCCCCCCCCCCN.Cl.c1ccccc1. The zero-order valence-corrected chi connectivity index (χ0v) is 18.3. The van der Waals surface area contributed by atoms with Crippen LogP contribution in [0.15, 0.2) is 36.4 Å². The second-order valence-corrected chi connectivity index (χ2v) is 7.25. The van der Waals surface area contributed by atoms with Gasteiger partial charge in [0.15, 0.2) is 0 Å². The van der Waals surface area contributed by atoms with E-state index in [1.54, 1.807) is 0 Å².